The monoisotopic (exact) mass is 494 g/mol. The number of nitro groups is 1. The summed E-state index contributed by atoms with van der Waals surface area (Å²) in [6.45, 7) is 3.47. The van der Waals surface area contributed by atoms with Gasteiger partial charge in [0.1, 0.15) is 11.3 Å². The van der Waals surface area contributed by atoms with E-state index in [-0.39, 0.29) is 17.1 Å². The van der Waals surface area contributed by atoms with Crippen molar-refractivity contribution in [3.8, 4) is 0 Å². The van der Waals surface area contributed by atoms with Crippen molar-refractivity contribution < 1.29 is 23.7 Å². The quantitative estimate of drug-likeness (QED) is 0.161. The second-order valence-electron chi connectivity index (χ2n) is 8.68. The molecule has 184 valence electrons. The average Bonchev–Trinajstić information content (AvgIpc) is 3.25. The lowest BCUT2D eigenvalue weighted by atomic mass is 10.1. The van der Waals surface area contributed by atoms with Crippen LogP contribution in [0.4, 0.5) is 11.4 Å². The number of carbonyl (C=O) groups is 2. The fourth-order valence-electron chi connectivity index (χ4n) is 4.30. The molecule has 0 radical (unpaired) electrons. The van der Waals surface area contributed by atoms with Crippen LogP contribution in [0, 0.1) is 24.0 Å². The zero-order chi connectivity index (χ0) is 26.1. The van der Waals surface area contributed by atoms with E-state index in [1.165, 1.54) is 12.1 Å². The summed E-state index contributed by atoms with van der Waals surface area (Å²) in [5.41, 5.74) is 1.96. The molecule has 0 aliphatic heterocycles. The number of furan rings is 1. The highest BCUT2D eigenvalue weighted by atomic mass is 16.6. The van der Waals surface area contributed by atoms with E-state index in [0.717, 1.165) is 16.2 Å². The summed E-state index contributed by atoms with van der Waals surface area (Å²) in [5, 5.41) is 16.7. The topological polar surface area (TPSA) is 112 Å². The van der Waals surface area contributed by atoms with E-state index in [4.69, 9.17) is 9.15 Å². The van der Waals surface area contributed by atoms with Crippen LogP contribution in [0.3, 0.4) is 0 Å². The highest BCUT2D eigenvalue weighted by Gasteiger charge is 2.30. The molecule has 8 nitrogen and oxygen atoms in total. The number of fused-ring (bicyclic) bond motifs is 3. The molecule has 0 bridgehead atoms. The molecule has 4 aromatic carbocycles. The SMILES string of the molecule is Cc1ccc(NC(=O)[C@@H](OC(=O)c2oc3c(ccc4ccccc43)c2C)c2ccccc2)c([N+](=O)[O-])c1. The summed E-state index contributed by atoms with van der Waals surface area (Å²) in [6, 6.07) is 24.4. The Kier molecular flexibility index (Phi) is 6.15. The molecule has 5 rings (SSSR count). The molecule has 1 aromatic heterocycles. The lowest BCUT2D eigenvalue weighted by molar-refractivity contribution is -0.384. The molecule has 8 heteroatoms. The number of ether oxygens (including phenoxy) is 1. The van der Waals surface area contributed by atoms with Crippen LogP contribution >= 0.6 is 0 Å². The number of hydrogen-bond acceptors (Lipinski definition) is 6. The summed E-state index contributed by atoms with van der Waals surface area (Å²) in [7, 11) is 0. The van der Waals surface area contributed by atoms with Crippen molar-refractivity contribution in [2.45, 2.75) is 20.0 Å². The van der Waals surface area contributed by atoms with E-state index in [1.54, 1.807) is 50.2 Å². The number of rotatable bonds is 6. The van der Waals surface area contributed by atoms with Gasteiger partial charge in [-0.1, -0.05) is 72.8 Å². The van der Waals surface area contributed by atoms with Crippen molar-refractivity contribution in [3.05, 3.63) is 117 Å². The van der Waals surface area contributed by atoms with Crippen molar-refractivity contribution in [1.29, 1.82) is 0 Å². The standard InChI is InChI=1S/C29H22N2O6/c1-17-12-15-23(24(16-17)31(34)35)30-28(32)26(20-9-4-3-5-10-20)37-29(33)25-18(2)21-14-13-19-8-6-7-11-22(19)27(21)36-25/h3-16,26H,1-2H3,(H,30,32)/t26-/m0/s1. The maximum Gasteiger partial charge on any atom is 0.375 e. The first-order chi connectivity index (χ1) is 17.8. The van der Waals surface area contributed by atoms with Gasteiger partial charge in [-0.05, 0) is 30.9 Å². The van der Waals surface area contributed by atoms with Crippen LogP contribution < -0.4 is 5.32 Å². The van der Waals surface area contributed by atoms with Gasteiger partial charge in [0.05, 0.1) is 4.92 Å². The number of nitrogens with zero attached hydrogens (tertiary/aromatic N) is 1. The zero-order valence-electron chi connectivity index (χ0n) is 20.1. The van der Waals surface area contributed by atoms with Crippen LogP contribution in [-0.4, -0.2) is 16.8 Å². The number of anilines is 1. The summed E-state index contributed by atoms with van der Waals surface area (Å²) in [4.78, 5) is 37.6. The largest absolute Gasteiger partial charge is 0.448 e. The predicted octanol–water partition coefficient (Wildman–Crippen LogP) is 6.65. The van der Waals surface area contributed by atoms with Gasteiger partial charge in [0, 0.05) is 28.0 Å². The van der Waals surface area contributed by atoms with Crippen LogP contribution in [0.5, 0.6) is 0 Å². The molecular weight excluding hydrogens is 472 g/mol. The third kappa shape index (κ3) is 4.52. The first kappa shape index (κ1) is 23.7. The van der Waals surface area contributed by atoms with E-state index in [9.17, 15) is 19.7 Å². The first-order valence-corrected chi connectivity index (χ1v) is 11.6. The lowest BCUT2D eigenvalue weighted by Crippen LogP contribution is -2.26. The van der Waals surface area contributed by atoms with Crippen LogP contribution in [0.2, 0.25) is 0 Å². The summed E-state index contributed by atoms with van der Waals surface area (Å²) < 4.78 is 11.7. The van der Waals surface area contributed by atoms with Gasteiger partial charge in [0.25, 0.3) is 11.6 Å². The van der Waals surface area contributed by atoms with Gasteiger partial charge in [0.2, 0.25) is 11.9 Å². The van der Waals surface area contributed by atoms with E-state index in [0.29, 0.717) is 22.3 Å². The summed E-state index contributed by atoms with van der Waals surface area (Å²) >= 11 is 0. The molecule has 1 heterocycles. The number of nitrogens with one attached hydrogen (secondary N) is 1. The van der Waals surface area contributed by atoms with Gasteiger partial charge in [0.15, 0.2) is 0 Å². The van der Waals surface area contributed by atoms with Gasteiger partial charge in [-0.2, -0.15) is 0 Å². The molecule has 1 N–H and O–H groups in total. The Hall–Kier alpha value is -4.98. The van der Waals surface area contributed by atoms with Crippen LogP contribution in [-0.2, 0) is 9.53 Å². The number of hydrogen-bond donors (Lipinski definition) is 1. The van der Waals surface area contributed by atoms with Crippen molar-refractivity contribution >= 4 is 45.0 Å². The highest BCUT2D eigenvalue weighted by molar-refractivity contribution is 6.08. The van der Waals surface area contributed by atoms with Crippen LogP contribution in [0.15, 0.2) is 89.3 Å². The Labute approximate surface area is 211 Å². The maximum absolute atomic E-state index is 13.3. The Balaban J connectivity index is 1.50. The molecular formula is C29H22N2O6. The molecule has 5 aromatic rings. The highest BCUT2D eigenvalue weighted by Crippen LogP contribution is 2.33. The van der Waals surface area contributed by atoms with Gasteiger partial charge >= 0.3 is 5.97 Å². The minimum atomic E-state index is -1.38. The van der Waals surface area contributed by atoms with Gasteiger partial charge in [-0.15, -0.1) is 0 Å². The van der Waals surface area contributed by atoms with Crippen LogP contribution in [0.25, 0.3) is 21.7 Å². The number of amides is 1. The Morgan fingerprint density at radius 1 is 0.919 bits per heavy atom. The maximum atomic E-state index is 13.3. The molecule has 37 heavy (non-hydrogen) atoms. The minimum Gasteiger partial charge on any atom is -0.448 e. The molecule has 0 saturated heterocycles. The Morgan fingerprint density at radius 2 is 1.65 bits per heavy atom. The summed E-state index contributed by atoms with van der Waals surface area (Å²) in [6.07, 6.45) is -1.38. The molecule has 0 fully saturated rings. The smallest absolute Gasteiger partial charge is 0.375 e. The van der Waals surface area contributed by atoms with Gasteiger partial charge in [-0.25, -0.2) is 4.79 Å². The fourth-order valence-corrected chi connectivity index (χ4v) is 4.30. The summed E-state index contributed by atoms with van der Waals surface area (Å²) in [5.74, 6) is -1.56. The van der Waals surface area contributed by atoms with Crippen molar-refractivity contribution in [2.75, 3.05) is 5.32 Å². The van der Waals surface area contributed by atoms with Crippen molar-refractivity contribution in [1.82, 2.24) is 0 Å². The normalized spacial score (nSPS) is 11.8. The van der Waals surface area contributed by atoms with E-state index >= 15 is 0 Å². The van der Waals surface area contributed by atoms with Crippen molar-refractivity contribution in [2.24, 2.45) is 0 Å². The number of carbonyl (C=O) groups excluding carboxylic acids is 2. The predicted molar refractivity (Wildman–Crippen MR) is 140 cm³/mol. The third-order valence-corrected chi connectivity index (χ3v) is 6.19. The molecule has 1 amide bonds. The lowest BCUT2D eigenvalue weighted by Gasteiger charge is -2.18. The van der Waals surface area contributed by atoms with Gasteiger partial charge < -0.3 is 14.5 Å². The third-order valence-electron chi connectivity index (χ3n) is 6.19. The fraction of sp³-hybridized carbons (Fsp3) is 0.103. The Morgan fingerprint density at radius 3 is 2.41 bits per heavy atom. The second kappa shape index (κ2) is 9.58. The number of nitro benzene ring substituents is 1. The molecule has 0 aliphatic carbocycles. The average molecular weight is 495 g/mol. The second-order valence-corrected chi connectivity index (χ2v) is 8.68. The van der Waals surface area contributed by atoms with E-state index in [1.807, 2.05) is 36.4 Å². The number of aryl methyl sites for hydroxylation is 2. The molecule has 1 atom stereocenters. The molecule has 0 saturated carbocycles. The molecule has 0 aliphatic rings. The first-order valence-electron chi connectivity index (χ1n) is 11.6. The Bertz CT molecular complexity index is 1670. The van der Waals surface area contributed by atoms with Crippen LogP contribution in [0.1, 0.15) is 33.3 Å². The molecule has 0 unspecified atom stereocenters. The van der Waals surface area contributed by atoms with E-state index < -0.39 is 22.9 Å². The number of benzene rings is 4. The minimum absolute atomic E-state index is 0.00367. The van der Waals surface area contributed by atoms with E-state index in [2.05, 4.69) is 5.32 Å². The zero-order valence-corrected chi connectivity index (χ0v) is 20.1. The molecule has 0 spiro atoms. The van der Waals surface area contributed by atoms with Gasteiger partial charge in [-0.3, -0.25) is 14.9 Å². The number of esters is 1. The van der Waals surface area contributed by atoms with Crippen molar-refractivity contribution in [3.63, 3.8) is 0 Å².